The molecule has 0 saturated carbocycles. The molecule has 1 aromatic heterocycles. The molecular weight excluding hydrogens is 236 g/mol. The van der Waals surface area contributed by atoms with Crippen molar-refractivity contribution in [2.45, 2.75) is 6.92 Å². The van der Waals surface area contributed by atoms with Gasteiger partial charge in [-0.2, -0.15) is 0 Å². The molecule has 5 heteroatoms. The van der Waals surface area contributed by atoms with E-state index in [0.717, 1.165) is 11.3 Å². The van der Waals surface area contributed by atoms with E-state index >= 15 is 0 Å². The molecule has 2 rings (SSSR count). The van der Waals surface area contributed by atoms with Gasteiger partial charge in [0, 0.05) is 7.05 Å². The van der Waals surface area contributed by atoms with E-state index < -0.39 is 0 Å². The number of nitrogens with one attached hydrogen (secondary N) is 2. The van der Waals surface area contributed by atoms with Crippen molar-refractivity contribution in [3.63, 3.8) is 0 Å². The van der Waals surface area contributed by atoms with Crippen LogP contribution in [-0.4, -0.2) is 17.0 Å². The summed E-state index contributed by atoms with van der Waals surface area (Å²) in [4.78, 5) is 8.41. The van der Waals surface area contributed by atoms with Crippen molar-refractivity contribution >= 4 is 28.9 Å². The number of hydrogen-bond donors (Lipinski definition) is 2. The fourth-order valence-corrected chi connectivity index (χ4v) is 1.73. The van der Waals surface area contributed by atoms with Gasteiger partial charge in [-0.25, -0.2) is 4.98 Å². The van der Waals surface area contributed by atoms with E-state index in [-0.39, 0.29) is 0 Å². The maximum Gasteiger partial charge on any atom is 0.151 e. The number of anilines is 3. The van der Waals surface area contributed by atoms with Crippen molar-refractivity contribution in [1.82, 2.24) is 9.97 Å². The first-order valence-electron chi connectivity index (χ1n) is 5.22. The first kappa shape index (κ1) is 11.7. The van der Waals surface area contributed by atoms with E-state index in [1.54, 1.807) is 19.4 Å². The van der Waals surface area contributed by atoms with E-state index in [2.05, 4.69) is 20.6 Å². The molecule has 0 radical (unpaired) electrons. The Morgan fingerprint density at radius 2 is 1.94 bits per heavy atom. The summed E-state index contributed by atoms with van der Waals surface area (Å²) < 4.78 is 0. The lowest BCUT2D eigenvalue weighted by Gasteiger charge is -2.10. The number of para-hydroxylation sites is 1. The Balaban J connectivity index is 2.31. The van der Waals surface area contributed by atoms with Crippen LogP contribution in [0.1, 0.15) is 5.56 Å². The highest BCUT2D eigenvalue weighted by atomic mass is 35.5. The molecule has 1 heterocycles. The standard InChI is InChI=1S/C12H13ClN4/c1-8-4-3-5-9(13)12(8)17-11-7-15-6-10(14-2)16-11/h3-7H,1-2H3,(H2,14,16,17). The molecule has 0 bridgehead atoms. The number of rotatable bonds is 3. The molecule has 0 spiro atoms. The van der Waals surface area contributed by atoms with Crippen LogP contribution < -0.4 is 10.6 Å². The molecule has 0 saturated heterocycles. The molecule has 2 aromatic rings. The number of halogens is 1. The molecule has 17 heavy (non-hydrogen) atoms. The average molecular weight is 249 g/mol. The Morgan fingerprint density at radius 3 is 2.65 bits per heavy atom. The van der Waals surface area contributed by atoms with Crippen LogP contribution in [-0.2, 0) is 0 Å². The zero-order chi connectivity index (χ0) is 12.3. The summed E-state index contributed by atoms with van der Waals surface area (Å²) in [5.41, 5.74) is 1.92. The van der Waals surface area contributed by atoms with E-state index in [1.807, 2.05) is 25.1 Å². The zero-order valence-corrected chi connectivity index (χ0v) is 10.4. The van der Waals surface area contributed by atoms with Crippen LogP contribution in [0.5, 0.6) is 0 Å². The SMILES string of the molecule is CNc1cncc(Nc2c(C)cccc2Cl)n1. The highest BCUT2D eigenvalue weighted by Gasteiger charge is 2.05. The van der Waals surface area contributed by atoms with Gasteiger partial charge in [-0.3, -0.25) is 4.98 Å². The van der Waals surface area contributed by atoms with Crippen LogP contribution in [0.4, 0.5) is 17.3 Å². The number of nitrogens with zero attached hydrogens (tertiary/aromatic N) is 2. The smallest absolute Gasteiger partial charge is 0.151 e. The molecule has 2 N–H and O–H groups in total. The summed E-state index contributed by atoms with van der Waals surface area (Å²) >= 11 is 6.13. The first-order valence-corrected chi connectivity index (χ1v) is 5.60. The summed E-state index contributed by atoms with van der Waals surface area (Å²) in [5, 5.41) is 6.77. The van der Waals surface area contributed by atoms with Crippen LogP contribution in [0.25, 0.3) is 0 Å². The predicted molar refractivity (Wildman–Crippen MR) is 71.1 cm³/mol. The Bertz CT molecular complexity index is 507. The van der Waals surface area contributed by atoms with E-state index in [9.17, 15) is 0 Å². The molecule has 0 aliphatic carbocycles. The third-order valence-electron chi connectivity index (χ3n) is 2.37. The number of hydrogen-bond acceptors (Lipinski definition) is 4. The first-order chi connectivity index (χ1) is 8.20. The van der Waals surface area contributed by atoms with Gasteiger partial charge >= 0.3 is 0 Å². The van der Waals surface area contributed by atoms with E-state index in [4.69, 9.17) is 11.6 Å². The van der Waals surface area contributed by atoms with Crippen molar-refractivity contribution in [1.29, 1.82) is 0 Å². The maximum atomic E-state index is 6.13. The summed E-state index contributed by atoms with van der Waals surface area (Å²) in [5.74, 6) is 1.37. The summed E-state index contributed by atoms with van der Waals surface area (Å²) in [7, 11) is 1.80. The Labute approximate surface area is 105 Å². The second-order valence-electron chi connectivity index (χ2n) is 3.60. The lowest BCUT2D eigenvalue weighted by atomic mass is 10.2. The van der Waals surface area contributed by atoms with Crippen LogP contribution in [0.2, 0.25) is 5.02 Å². The van der Waals surface area contributed by atoms with Crippen molar-refractivity contribution in [2.75, 3.05) is 17.7 Å². The predicted octanol–water partition coefficient (Wildman–Crippen LogP) is 3.22. The monoisotopic (exact) mass is 248 g/mol. The number of benzene rings is 1. The number of aromatic nitrogens is 2. The molecule has 0 aliphatic heterocycles. The van der Waals surface area contributed by atoms with Gasteiger partial charge in [-0.15, -0.1) is 0 Å². The van der Waals surface area contributed by atoms with Crippen LogP contribution >= 0.6 is 11.6 Å². The highest BCUT2D eigenvalue weighted by molar-refractivity contribution is 6.33. The fraction of sp³-hybridized carbons (Fsp3) is 0.167. The molecule has 0 aliphatic rings. The molecule has 0 amide bonds. The molecule has 4 nitrogen and oxygen atoms in total. The van der Waals surface area contributed by atoms with Gasteiger partial charge in [0.1, 0.15) is 5.82 Å². The summed E-state index contributed by atoms with van der Waals surface area (Å²) in [6.07, 6.45) is 3.31. The molecule has 0 atom stereocenters. The van der Waals surface area contributed by atoms with Crippen molar-refractivity contribution in [3.05, 3.63) is 41.2 Å². The second-order valence-corrected chi connectivity index (χ2v) is 4.00. The normalized spacial score (nSPS) is 10.1. The van der Waals surface area contributed by atoms with Crippen LogP contribution in [0, 0.1) is 6.92 Å². The van der Waals surface area contributed by atoms with Crippen LogP contribution in [0.15, 0.2) is 30.6 Å². The Kier molecular flexibility index (Phi) is 3.44. The van der Waals surface area contributed by atoms with E-state index in [0.29, 0.717) is 16.7 Å². The lowest BCUT2D eigenvalue weighted by molar-refractivity contribution is 1.18. The Morgan fingerprint density at radius 1 is 1.18 bits per heavy atom. The molecule has 0 fully saturated rings. The Hall–Kier alpha value is -1.81. The minimum Gasteiger partial charge on any atom is -0.372 e. The average Bonchev–Trinajstić information content (AvgIpc) is 2.34. The molecule has 88 valence electrons. The van der Waals surface area contributed by atoms with Gasteiger partial charge in [0.15, 0.2) is 5.82 Å². The third kappa shape index (κ3) is 2.65. The lowest BCUT2D eigenvalue weighted by Crippen LogP contribution is -2.00. The third-order valence-corrected chi connectivity index (χ3v) is 2.68. The summed E-state index contributed by atoms with van der Waals surface area (Å²) in [6.45, 7) is 1.99. The minimum absolute atomic E-state index is 0.660. The molecule has 1 aromatic carbocycles. The molecule has 0 unspecified atom stereocenters. The quantitative estimate of drug-likeness (QED) is 0.876. The topological polar surface area (TPSA) is 49.8 Å². The van der Waals surface area contributed by atoms with E-state index in [1.165, 1.54) is 0 Å². The van der Waals surface area contributed by atoms with Crippen molar-refractivity contribution < 1.29 is 0 Å². The maximum absolute atomic E-state index is 6.13. The molecular formula is C12H13ClN4. The largest absolute Gasteiger partial charge is 0.372 e. The minimum atomic E-state index is 0.660. The van der Waals surface area contributed by atoms with Gasteiger partial charge < -0.3 is 10.6 Å². The highest BCUT2D eigenvalue weighted by Crippen LogP contribution is 2.27. The van der Waals surface area contributed by atoms with Gasteiger partial charge in [0.2, 0.25) is 0 Å². The fourth-order valence-electron chi connectivity index (χ4n) is 1.46. The van der Waals surface area contributed by atoms with Crippen LogP contribution in [0.3, 0.4) is 0 Å². The summed E-state index contributed by atoms with van der Waals surface area (Å²) in [6, 6.07) is 5.74. The second kappa shape index (κ2) is 5.01. The van der Waals surface area contributed by atoms with Gasteiger partial charge in [0.25, 0.3) is 0 Å². The van der Waals surface area contributed by atoms with Crippen molar-refractivity contribution in [3.8, 4) is 0 Å². The number of aryl methyl sites for hydroxylation is 1. The van der Waals surface area contributed by atoms with Gasteiger partial charge in [-0.05, 0) is 18.6 Å². The van der Waals surface area contributed by atoms with Crippen molar-refractivity contribution in [2.24, 2.45) is 0 Å². The zero-order valence-electron chi connectivity index (χ0n) is 9.66. The van der Waals surface area contributed by atoms with Gasteiger partial charge in [-0.1, -0.05) is 23.7 Å². The van der Waals surface area contributed by atoms with Gasteiger partial charge in [0.05, 0.1) is 23.1 Å².